The van der Waals surface area contributed by atoms with Crippen LogP contribution in [0.25, 0.3) is 10.2 Å². The maximum atomic E-state index is 12.1. The number of thiazole rings is 1. The number of rotatable bonds is 3. The summed E-state index contributed by atoms with van der Waals surface area (Å²) in [5.74, 6) is -0.167. The van der Waals surface area contributed by atoms with E-state index in [2.05, 4.69) is 5.32 Å². The predicted octanol–water partition coefficient (Wildman–Crippen LogP) is 3.47. The number of carbonyl (C=O) groups is 1. The lowest BCUT2D eigenvalue weighted by Gasteiger charge is -2.07. The fourth-order valence-electron chi connectivity index (χ4n) is 2.07. The van der Waals surface area contributed by atoms with E-state index >= 15 is 0 Å². The van der Waals surface area contributed by atoms with E-state index in [9.17, 15) is 4.79 Å². The first kappa shape index (κ1) is 13.9. The molecule has 6 heteroatoms. The van der Waals surface area contributed by atoms with Crippen molar-refractivity contribution in [3.63, 3.8) is 0 Å². The summed E-state index contributed by atoms with van der Waals surface area (Å²) in [6.07, 6.45) is 0. The molecule has 4 nitrogen and oxygen atoms in total. The Balaban J connectivity index is 1.82. The smallest absolute Gasteiger partial charge is 0.244 e. The molecule has 0 fully saturated rings. The van der Waals surface area contributed by atoms with E-state index in [1.807, 2.05) is 24.3 Å². The van der Waals surface area contributed by atoms with Crippen molar-refractivity contribution >= 4 is 44.7 Å². The number of anilines is 1. The molecule has 3 aromatic rings. The molecule has 0 aliphatic carbocycles. The third kappa shape index (κ3) is 2.99. The minimum atomic E-state index is -0.167. The van der Waals surface area contributed by atoms with Gasteiger partial charge in [-0.3, -0.25) is 10.2 Å². The third-order valence-corrected chi connectivity index (χ3v) is 4.27. The quantitative estimate of drug-likeness (QED) is 0.763. The lowest BCUT2D eigenvalue weighted by atomic mass is 10.3. The number of benzene rings is 2. The first-order valence-corrected chi connectivity index (χ1v) is 7.51. The van der Waals surface area contributed by atoms with Gasteiger partial charge in [0.2, 0.25) is 5.91 Å². The molecule has 0 saturated carbocycles. The average Bonchev–Trinajstić information content (AvgIpc) is 2.78. The van der Waals surface area contributed by atoms with Gasteiger partial charge in [0.1, 0.15) is 6.54 Å². The molecular weight excluding hydrogens is 306 g/mol. The summed E-state index contributed by atoms with van der Waals surface area (Å²) in [7, 11) is 0. The van der Waals surface area contributed by atoms with Crippen molar-refractivity contribution in [2.24, 2.45) is 0 Å². The number of halogens is 1. The summed E-state index contributed by atoms with van der Waals surface area (Å²) in [4.78, 5) is 12.5. The topological polar surface area (TPSA) is 57.9 Å². The van der Waals surface area contributed by atoms with E-state index in [-0.39, 0.29) is 12.5 Å². The number of carbonyl (C=O) groups excluding carboxylic acids is 1. The molecule has 0 bridgehead atoms. The summed E-state index contributed by atoms with van der Waals surface area (Å²) in [6.45, 7) is 0.117. The highest BCUT2D eigenvalue weighted by Gasteiger charge is 2.09. The number of fused-ring (bicyclic) bond motifs is 1. The van der Waals surface area contributed by atoms with Crippen LogP contribution in [0.4, 0.5) is 5.69 Å². The van der Waals surface area contributed by atoms with Gasteiger partial charge in [0, 0.05) is 10.7 Å². The average molecular weight is 318 g/mol. The van der Waals surface area contributed by atoms with E-state index in [0.29, 0.717) is 15.5 Å². The zero-order chi connectivity index (χ0) is 14.8. The normalized spacial score (nSPS) is 10.7. The van der Waals surface area contributed by atoms with Gasteiger partial charge >= 0.3 is 0 Å². The number of para-hydroxylation sites is 1. The maximum absolute atomic E-state index is 12.1. The van der Waals surface area contributed by atoms with Crippen molar-refractivity contribution in [3.05, 3.63) is 58.4 Å². The molecule has 106 valence electrons. The summed E-state index contributed by atoms with van der Waals surface area (Å²) in [6, 6.07) is 14.6. The van der Waals surface area contributed by atoms with E-state index < -0.39 is 0 Å². The van der Waals surface area contributed by atoms with Crippen LogP contribution in [0.1, 0.15) is 0 Å². The number of hydrogen-bond acceptors (Lipinski definition) is 3. The zero-order valence-electron chi connectivity index (χ0n) is 11.0. The molecule has 21 heavy (non-hydrogen) atoms. The summed E-state index contributed by atoms with van der Waals surface area (Å²) < 4.78 is 2.70. The fraction of sp³-hybridized carbons (Fsp3) is 0.0667. The van der Waals surface area contributed by atoms with Gasteiger partial charge in [0.15, 0.2) is 4.80 Å². The molecule has 0 aliphatic heterocycles. The number of aromatic nitrogens is 1. The summed E-state index contributed by atoms with van der Waals surface area (Å²) in [5.41, 5.74) is 1.59. The van der Waals surface area contributed by atoms with Crippen LogP contribution in [0.3, 0.4) is 0 Å². The monoisotopic (exact) mass is 317 g/mol. The second-order valence-corrected chi connectivity index (χ2v) is 5.98. The molecule has 2 aromatic carbocycles. The predicted molar refractivity (Wildman–Crippen MR) is 85.8 cm³/mol. The van der Waals surface area contributed by atoms with Gasteiger partial charge in [-0.1, -0.05) is 35.1 Å². The first-order valence-electron chi connectivity index (χ1n) is 6.32. The van der Waals surface area contributed by atoms with Crippen LogP contribution in [-0.2, 0) is 11.3 Å². The molecule has 0 saturated heterocycles. The Bertz CT molecular complexity index is 851. The largest absolute Gasteiger partial charge is 0.325 e. The Labute approximate surface area is 130 Å². The molecule has 0 unspecified atom stereocenters. The lowest BCUT2D eigenvalue weighted by molar-refractivity contribution is -0.116. The fourth-order valence-corrected chi connectivity index (χ4v) is 3.11. The molecule has 0 aliphatic rings. The minimum Gasteiger partial charge on any atom is -0.325 e. The molecular formula is C15H12ClN3OS. The second kappa shape index (κ2) is 5.71. The van der Waals surface area contributed by atoms with Crippen LogP contribution in [0, 0.1) is 5.41 Å². The Morgan fingerprint density at radius 2 is 1.90 bits per heavy atom. The summed E-state index contributed by atoms with van der Waals surface area (Å²) >= 11 is 7.17. The van der Waals surface area contributed by atoms with Gasteiger partial charge in [-0.05, 0) is 36.4 Å². The molecule has 0 atom stereocenters. The van der Waals surface area contributed by atoms with Crippen LogP contribution in [0.2, 0.25) is 5.02 Å². The zero-order valence-corrected chi connectivity index (χ0v) is 12.5. The molecule has 1 aromatic heterocycles. The van der Waals surface area contributed by atoms with Gasteiger partial charge in [-0.25, -0.2) is 0 Å². The van der Waals surface area contributed by atoms with Gasteiger partial charge < -0.3 is 9.88 Å². The van der Waals surface area contributed by atoms with E-state index in [1.54, 1.807) is 28.8 Å². The summed E-state index contributed by atoms with van der Waals surface area (Å²) in [5, 5.41) is 11.4. The Morgan fingerprint density at radius 3 is 2.67 bits per heavy atom. The highest BCUT2D eigenvalue weighted by molar-refractivity contribution is 7.16. The van der Waals surface area contributed by atoms with Crippen LogP contribution < -0.4 is 10.1 Å². The number of nitrogens with one attached hydrogen (secondary N) is 2. The van der Waals surface area contributed by atoms with Crippen LogP contribution in [-0.4, -0.2) is 10.5 Å². The SMILES string of the molecule is N=c1sc2ccccc2n1CC(=O)Nc1ccc(Cl)cc1. The Kier molecular flexibility index (Phi) is 3.77. The lowest BCUT2D eigenvalue weighted by Crippen LogP contribution is -2.24. The van der Waals surface area contributed by atoms with Crippen LogP contribution in [0.15, 0.2) is 48.5 Å². The third-order valence-electron chi connectivity index (χ3n) is 3.04. The molecule has 0 radical (unpaired) electrons. The van der Waals surface area contributed by atoms with Gasteiger partial charge in [0.05, 0.1) is 10.2 Å². The molecule has 0 spiro atoms. The molecule has 2 N–H and O–H groups in total. The van der Waals surface area contributed by atoms with E-state index in [4.69, 9.17) is 17.0 Å². The highest BCUT2D eigenvalue weighted by Crippen LogP contribution is 2.17. The molecule has 3 rings (SSSR count). The van der Waals surface area contributed by atoms with Crippen LogP contribution in [0.5, 0.6) is 0 Å². The van der Waals surface area contributed by atoms with Crippen LogP contribution >= 0.6 is 22.9 Å². The van der Waals surface area contributed by atoms with Crippen molar-refractivity contribution in [3.8, 4) is 0 Å². The van der Waals surface area contributed by atoms with E-state index in [1.165, 1.54) is 11.3 Å². The number of nitrogens with zero attached hydrogens (tertiary/aromatic N) is 1. The minimum absolute atomic E-state index is 0.117. The molecule has 1 heterocycles. The van der Waals surface area contributed by atoms with Crippen molar-refractivity contribution in [2.45, 2.75) is 6.54 Å². The van der Waals surface area contributed by atoms with Gasteiger partial charge in [-0.2, -0.15) is 0 Å². The first-order chi connectivity index (χ1) is 10.1. The highest BCUT2D eigenvalue weighted by atomic mass is 35.5. The number of amides is 1. The Morgan fingerprint density at radius 1 is 1.19 bits per heavy atom. The van der Waals surface area contributed by atoms with E-state index in [0.717, 1.165) is 10.2 Å². The number of hydrogen-bond donors (Lipinski definition) is 2. The standard InChI is InChI=1S/C15H12ClN3OS/c16-10-5-7-11(8-6-10)18-14(20)9-19-12-3-1-2-4-13(12)21-15(19)17/h1-8,17H,9H2,(H,18,20). The van der Waals surface area contributed by atoms with Gasteiger partial charge in [-0.15, -0.1) is 0 Å². The van der Waals surface area contributed by atoms with Crippen molar-refractivity contribution < 1.29 is 4.79 Å². The molecule has 1 amide bonds. The van der Waals surface area contributed by atoms with Crippen molar-refractivity contribution in [2.75, 3.05) is 5.32 Å². The maximum Gasteiger partial charge on any atom is 0.244 e. The van der Waals surface area contributed by atoms with Crippen molar-refractivity contribution in [1.82, 2.24) is 4.57 Å². The second-order valence-electron chi connectivity index (χ2n) is 4.52. The van der Waals surface area contributed by atoms with Gasteiger partial charge in [0.25, 0.3) is 0 Å². The van der Waals surface area contributed by atoms with Crippen molar-refractivity contribution in [1.29, 1.82) is 5.41 Å². The Hall–Kier alpha value is -2.11.